The summed E-state index contributed by atoms with van der Waals surface area (Å²) in [5.41, 5.74) is 9.02. The zero-order chi connectivity index (χ0) is 58.7. The van der Waals surface area contributed by atoms with Crippen LogP contribution in [0.5, 0.6) is 0 Å². The van der Waals surface area contributed by atoms with Crippen molar-refractivity contribution < 1.29 is 0 Å². The summed E-state index contributed by atoms with van der Waals surface area (Å²) in [5, 5.41) is 29.7. The third-order valence-electron chi connectivity index (χ3n) is 20.1. The molecule has 0 amide bonds. The van der Waals surface area contributed by atoms with Crippen LogP contribution in [0.2, 0.25) is 0 Å². The second kappa shape index (κ2) is 18.9. The Kier molecular flexibility index (Phi) is 10.4. The highest BCUT2D eigenvalue weighted by molar-refractivity contribution is 6.22. The molecule has 2 heterocycles. The predicted molar refractivity (Wildman–Crippen MR) is 385 cm³/mol. The fourth-order valence-corrected chi connectivity index (χ4v) is 16.1. The van der Waals surface area contributed by atoms with Crippen molar-refractivity contribution in [3.8, 4) is 0 Å². The molecule has 418 valence electrons. The molecule has 18 aromatic carbocycles. The number of rotatable bonds is 5. The molecule has 0 saturated carbocycles. The molecule has 18 aromatic rings. The molecule has 0 aromatic heterocycles. The zero-order valence-corrected chi connectivity index (χ0v) is 49.0. The van der Waals surface area contributed by atoms with Crippen LogP contribution < -0.4 is 19.6 Å². The van der Waals surface area contributed by atoms with Crippen molar-refractivity contribution in [1.29, 1.82) is 0 Å². The molecule has 0 radical (unpaired) electrons. The van der Waals surface area contributed by atoms with E-state index in [2.05, 4.69) is 335 Å². The van der Waals surface area contributed by atoms with E-state index in [1.807, 2.05) is 0 Å². The zero-order valence-electron chi connectivity index (χ0n) is 49.0. The normalized spacial score (nSPS) is 13.8. The Labute approximate surface area is 519 Å². The molecule has 0 fully saturated rings. The van der Waals surface area contributed by atoms with Gasteiger partial charge in [0.1, 0.15) is 0 Å². The summed E-state index contributed by atoms with van der Waals surface area (Å²) in [4.78, 5) is 10.7. The fraction of sp³-hybridized carbons (Fsp3) is 0.0233. The minimum Gasteiger partial charge on any atom is -0.314 e. The topological polar surface area (TPSA) is 13.0 Å². The summed E-state index contributed by atoms with van der Waals surface area (Å²) >= 11 is 0. The molecule has 0 aliphatic carbocycles. The first-order valence-corrected chi connectivity index (χ1v) is 31.4. The van der Waals surface area contributed by atoms with Gasteiger partial charge in [-0.1, -0.05) is 243 Å². The Morgan fingerprint density at radius 2 is 0.322 bits per heavy atom. The van der Waals surface area contributed by atoms with Crippen molar-refractivity contribution >= 4 is 175 Å². The minimum absolute atomic E-state index is 0.407. The Bertz CT molecular complexity index is 5380. The van der Waals surface area contributed by atoms with Gasteiger partial charge in [-0.15, -0.1) is 0 Å². The standard InChI is InChI=1S/C86H54N4/c1-5-17-65-53(13-1)29-45-73-69(65)41-33-57-25-37-61(49-77(57)73)87-81-21-9-10-22-82(81)88(62-38-26-58-34-42-70-66-18-6-2-14-54(66)30-46-74(70)78(58)50-62)85(87)86-89(63-39-27-59-35-43-71-67-19-7-3-15-55(67)31-47-75(71)79(59)51-63)83-23-11-12-24-84(83)90(86)64-40-28-60-36-44-72-68-20-8-4-16-56(68)32-48-76(72)80(60)52-64/h1-52,85-86H. The van der Waals surface area contributed by atoms with Gasteiger partial charge in [0, 0.05) is 22.7 Å². The van der Waals surface area contributed by atoms with E-state index in [-0.39, 0.29) is 0 Å². The summed E-state index contributed by atoms with van der Waals surface area (Å²) in [5.74, 6) is 0. The van der Waals surface area contributed by atoms with E-state index in [1.54, 1.807) is 0 Å². The van der Waals surface area contributed by atoms with Crippen LogP contribution in [-0.4, -0.2) is 12.3 Å². The molecule has 0 saturated heterocycles. The van der Waals surface area contributed by atoms with Gasteiger partial charge in [0.05, 0.1) is 22.7 Å². The molecule has 2 aliphatic heterocycles. The average Bonchev–Trinajstić information content (AvgIpc) is 1.79. The van der Waals surface area contributed by atoms with Crippen LogP contribution in [0.25, 0.3) is 129 Å². The number of hydrogen-bond acceptors (Lipinski definition) is 4. The SMILES string of the molecule is c1ccc2c(c1)N(c1ccc3ccc4c5ccccc5ccc4c3c1)C(C1N(c3ccc4ccc5c6ccccc6ccc5c4c3)c3ccccc3N1c1ccc3ccc4c5ccccc5ccc4c3c1)N2c1ccc2ccc3c4ccccc4ccc3c2c1. The molecule has 0 unspecified atom stereocenters. The maximum atomic E-state index is 2.68. The third-order valence-corrected chi connectivity index (χ3v) is 20.1. The second-order valence-electron chi connectivity index (χ2n) is 24.7. The summed E-state index contributed by atoms with van der Waals surface area (Å²) in [7, 11) is 0. The lowest BCUT2D eigenvalue weighted by atomic mass is 9.96. The van der Waals surface area contributed by atoms with Crippen LogP contribution in [0.4, 0.5) is 45.5 Å². The Balaban J connectivity index is 0.891. The van der Waals surface area contributed by atoms with E-state index < -0.39 is 12.3 Å². The Morgan fingerprint density at radius 1 is 0.144 bits per heavy atom. The van der Waals surface area contributed by atoms with Gasteiger partial charge in [0.2, 0.25) is 0 Å². The molecule has 4 nitrogen and oxygen atoms in total. The third kappa shape index (κ3) is 7.13. The first-order chi connectivity index (χ1) is 44.6. The Morgan fingerprint density at radius 3 is 0.556 bits per heavy atom. The van der Waals surface area contributed by atoms with Crippen molar-refractivity contribution in [2.24, 2.45) is 0 Å². The van der Waals surface area contributed by atoms with Gasteiger partial charge in [-0.3, -0.25) is 0 Å². The van der Waals surface area contributed by atoms with Gasteiger partial charge in [0.25, 0.3) is 0 Å². The van der Waals surface area contributed by atoms with Crippen molar-refractivity contribution in [3.05, 3.63) is 315 Å². The molecule has 0 spiro atoms. The van der Waals surface area contributed by atoms with Gasteiger partial charge in [-0.05, 0) is 202 Å². The Hall–Kier alpha value is -11.7. The van der Waals surface area contributed by atoms with Gasteiger partial charge in [-0.2, -0.15) is 0 Å². The van der Waals surface area contributed by atoms with Gasteiger partial charge < -0.3 is 19.6 Å². The first-order valence-electron chi connectivity index (χ1n) is 31.4. The number of para-hydroxylation sites is 4. The fourth-order valence-electron chi connectivity index (χ4n) is 16.1. The van der Waals surface area contributed by atoms with Crippen molar-refractivity contribution in [1.82, 2.24) is 0 Å². The maximum Gasteiger partial charge on any atom is 0.151 e. The van der Waals surface area contributed by atoms with E-state index in [9.17, 15) is 0 Å². The van der Waals surface area contributed by atoms with E-state index >= 15 is 0 Å². The number of hydrogen-bond donors (Lipinski definition) is 0. The summed E-state index contributed by atoms with van der Waals surface area (Å²) in [6, 6.07) is 119. The van der Waals surface area contributed by atoms with Crippen LogP contribution >= 0.6 is 0 Å². The van der Waals surface area contributed by atoms with Gasteiger partial charge in [0.15, 0.2) is 12.3 Å². The minimum atomic E-state index is -0.407. The molecule has 0 atom stereocenters. The molecule has 90 heavy (non-hydrogen) atoms. The van der Waals surface area contributed by atoms with E-state index in [1.165, 1.54) is 129 Å². The molecule has 0 N–H and O–H groups in total. The maximum absolute atomic E-state index is 2.68. The smallest absolute Gasteiger partial charge is 0.151 e. The van der Waals surface area contributed by atoms with Crippen LogP contribution in [0.15, 0.2) is 315 Å². The number of fused-ring (bicyclic) bond motifs is 22. The van der Waals surface area contributed by atoms with E-state index in [4.69, 9.17) is 0 Å². The van der Waals surface area contributed by atoms with Crippen LogP contribution in [0, 0.1) is 0 Å². The molecule has 20 rings (SSSR count). The molecule has 0 bridgehead atoms. The van der Waals surface area contributed by atoms with Crippen LogP contribution in [0.3, 0.4) is 0 Å². The largest absolute Gasteiger partial charge is 0.314 e. The summed E-state index contributed by atoms with van der Waals surface area (Å²) in [6.45, 7) is 0. The van der Waals surface area contributed by atoms with Gasteiger partial charge in [-0.25, -0.2) is 0 Å². The van der Waals surface area contributed by atoms with Crippen molar-refractivity contribution in [2.75, 3.05) is 19.6 Å². The van der Waals surface area contributed by atoms with Crippen LogP contribution in [-0.2, 0) is 0 Å². The van der Waals surface area contributed by atoms with Gasteiger partial charge >= 0.3 is 0 Å². The average molecular weight is 1140 g/mol. The highest BCUT2D eigenvalue weighted by Crippen LogP contribution is 2.57. The number of anilines is 8. The predicted octanol–water partition coefficient (Wildman–Crippen LogP) is 23.5. The first kappa shape index (κ1) is 49.4. The molecular formula is C86H54N4. The van der Waals surface area contributed by atoms with Crippen molar-refractivity contribution in [3.63, 3.8) is 0 Å². The second-order valence-corrected chi connectivity index (χ2v) is 24.7. The number of benzene rings is 18. The summed E-state index contributed by atoms with van der Waals surface area (Å²) in [6.07, 6.45) is -0.814. The van der Waals surface area contributed by atoms with Crippen LogP contribution in [0.1, 0.15) is 0 Å². The molecule has 2 aliphatic rings. The van der Waals surface area contributed by atoms with Crippen molar-refractivity contribution in [2.45, 2.75) is 12.3 Å². The lowest BCUT2D eigenvalue weighted by molar-refractivity contribution is 0.550. The quantitative estimate of drug-likeness (QED) is 0.159. The lowest BCUT2D eigenvalue weighted by Gasteiger charge is -2.45. The van der Waals surface area contributed by atoms with E-state index in [0.717, 1.165) is 45.5 Å². The molecular weight excluding hydrogens is 1090 g/mol. The monoisotopic (exact) mass is 1140 g/mol. The van der Waals surface area contributed by atoms with E-state index in [0.29, 0.717) is 0 Å². The lowest BCUT2D eigenvalue weighted by Crippen LogP contribution is -2.58. The number of nitrogens with zero attached hydrogens (tertiary/aromatic N) is 4. The molecule has 4 heteroatoms. The summed E-state index contributed by atoms with van der Waals surface area (Å²) < 4.78 is 0. The highest BCUT2D eigenvalue weighted by atomic mass is 15.5. The highest BCUT2D eigenvalue weighted by Gasteiger charge is 2.52.